The van der Waals surface area contributed by atoms with Gasteiger partial charge in [-0.1, -0.05) is 24.3 Å². The van der Waals surface area contributed by atoms with Crippen molar-refractivity contribution in [2.24, 2.45) is 0 Å². The van der Waals surface area contributed by atoms with Crippen LogP contribution in [0.3, 0.4) is 0 Å². The fraction of sp³-hybridized carbons (Fsp3) is 0.625. The van der Waals surface area contributed by atoms with Crippen LogP contribution < -0.4 is 0 Å². The lowest BCUT2D eigenvalue weighted by Gasteiger charge is -2.33. The van der Waals surface area contributed by atoms with Crippen LogP contribution in [0.15, 0.2) is 24.3 Å². The number of benzene rings is 1. The summed E-state index contributed by atoms with van der Waals surface area (Å²) in [4.78, 5) is 2.48. The lowest BCUT2D eigenvalue weighted by atomic mass is 10.0. The highest BCUT2D eigenvalue weighted by molar-refractivity contribution is 5.28. The second kappa shape index (κ2) is 7.63. The predicted molar refractivity (Wildman–Crippen MR) is 77.2 cm³/mol. The third-order valence-corrected chi connectivity index (χ3v) is 3.82. The van der Waals surface area contributed by atoms with Gasteiger partial charge in [-0.2, -0.15) is 0 Å². The van der Waals surface area contributed by atoms with Crippen LogP contribution in [-0.4, -0.2) is 42.9 Å². The molecule has 1 aromatic rings. The van der Waals surface area contributed by atoms with E-state index in [1.165, 1.54) is 17.5 Å². The molecule has 106 valence electrons. The van der Waals surface area contributed by atoms with Gasteiger partial charge in [0.05, 0.1) is 12.7 Å². The van der Waals surface area contributed by atoms with Crippen molar-refractivity contribution >= 4 is 0 Å². The number of aliphatic hydroxyl groups is 1. The first-order valence-corrected chi connectivity index (χ1v) is 7.31. The van der Waals surface area contributed by atoms with Gasteiger partial charge in [0, 0.05) is 19.7 Å². The SMILES string of the molecule is Cc1ccccc1C1CN(CCCCCO)CCO1. The number of hydrogen-bond acceptors (Lipinski definition) is 3. The molecule has 19 heavy (non-hydrogen) atoms. The molecule has 1 saturated heterocycles. The number of nitrogens with zero attached hydrogens (tertiary/aromatic N) is 1. The summed E-state index contributed by atoms with van der Waals surface area (Å²) in [6, 6.07) is 8.49. The fourth-order valence-electron chi connectivity index (χ4n) is 2.67. The van der Waals surface area contributed by atoms with Gasteiger partial charge in [0.25, 0.3) is 0 Å². The summed E-state index contributed by atoms with van der Waals surface area (Å²) >= 11 is 0. The van der Waals surface area contributed by atoms with Gasteiger partial charge in [-0.25, -0.2) is 0 Å². The van der Waals surface area contributed by atoms with Gasteiger partial charge in [0.2, 0.25) is 0 Å². The molecule has 3 heteroatoms. The van der Waals surface area contributed by atoms with E-state index in [1.54, 1.807) is 0 Å². The zero-order chi connectivity index (χ0) is 13.5. The average Bonchev–Trinajstić information content (AvgIpc) is 2.44. The van der Waals surface area contributed by atoms with Gasteiger partial charge in [0.1, 0.15) is 0 Å². The summed E-state index contributed by atoms with van der Waals surface area (Å²) in [6.07, 6.45) is 3.42. The van der Waals surface area contributed by atoms with Gasteiger partial charge in [0.15, 0.2) is 0 Å². The minimum Gasteiger partial charge on any atom is -0.396 e. The quantitative estimate of drug-likeness (QED) is 0.801. The highest BCUT2D eigenvalue weighted by Crippen LogP contribution is 2.25. The van der Waals surface area contributed by atoms with Gasteiger partial charge in [-0.15, -0.1) is 0 Å². The Morgan fingerprint density at radius 3 is 2.89 bits per heavy atom. The summed E-state index contributed by atoms with van der Waals surface area (Å²) in [6.45, 7) is 6.42. The van der Waals surface area contributed by atoms with E-state index in [0.29, 0.717) is 6.61 Å². The molecule has 1 unspecified atom stereocenters. The van der Waals surface area contributed by atoms with Crippen molar-refractivity contribution in [2.45, 2.75) is 32.3 Å². The summed E-state index contributed by atoms with van der Waals surface area (Å²) in [5.74, 6) is 0. The second-order valence-electron chi connectivity index (χ2n) is 5.30. The number of ether oxygens (including phenoxy) is 1. The van der Waals surface area contributed by atoms with Crippen LogP contribution in [0.25, 0.3) is 0 Å². The molecular formula is C16H25NO2. The van der Waals surface area contributed by atoms with Crippen LogP contribution >= 0.6 is 0 Å². The maximum atomic E-state index is 8.79. The minimum absolute atomic E-state index is 0.216. The summed E-state index contributed by atoms with van der Waals surface area (Å²) in [7, 11) is 0. The highest BCUT2D eigenvalue weighted by atomic mass is 16.5. The van der Waals surface area contributed by atoms with Gasteiger partial charge in [-0.05, 0) is 43.9 Å². The first-order chi connectivity index (χ1) is 9.31. The topological polar surface area (TPSA) is 32.7 Å². The molecule has 1 N–H and O–H groups in total. The van der Waals surface area contributed by atoms with Crippen molar-refractivity contribution in [1.29, 1.82) is 0 Å². The number of hydrogen-bond donors (Lipinski definition) is 1. The van der Waals surface area contributed by atoms with Crippen molar-refractivity contribution in [2.75, 3.05) is 32.8 Å². The minimum atomic E-state index is 0.216. The average molecular weight is 263 g/mol. The standard InChI is InChI=1S/C16H25NO2/c1-14-7-3-4-8-15(14)16-13-17(10-12-19-16)9-5-2-6-11-18/h3-4,7-8,16,18H,2,5-6,9-13H2,1H3. The maximum absolute atomic E-state index is 8.79. The number of rotatable bonds is 6. The lowest BCUT2D eigenvalue weighted by Crippen LogP contribution is -2.39. The van der Waals surface area contributed by atoms with Crippen molar-refractivity contribution in [1.82, 2.24) is 4.90 Å². The third kappa shape index (κ3) is 4.30. The molecule has 1 aliphatic heterocycles. The first-order valence-electron chi connectivity index (χ1n) is 7.31. The Labute approximate surface area is 116 Å². The molecule has 0 amide bonds. The molecule has 0 radical (unpaired) electrons. The molecule has 0 saturated carbocycles. The Hall–Kier alpha value is -0.900. The summed E-state index contributed by atoms with van der Waals surface area (Å²) in [5.41, 5.74) is 2.64. The Balaban J connectivity index is 1.85. The lowest BCUT2D eigenvalue weighted by molar-refractivity contribution is -0.0307. The molecule has 1 fully saturated rings. The number of aliphatic hydroxyl groups excluding tert-OH is 1. The van der Waals surface area contributed by atoms with Gasteiger partial charge < -0.3 is 9.84 Å². The number of unbranched alkanes of at least 4 members (excludes halogenated alkanes) is 2. The highest BCUT2D eigenvalue weighted by Gasteiger charge is 2.22. The van der Waals surface area contributed by atoms with Crippen LogP contribution in [-0.2, 0) is 4.74 Å². The van der Waals surface area contributed by atoms with Crippen LogP contribution in [0, 0.1) is 6.92 Å². The summed E-state index contributed by atoms with van der Waals surface area (Å²) < 4.78 is 5.92. The molecule has 2 rings (SSSR count). The molecule has 3 nitrogen and oxygen atoms in total. The van der Waals surface area contributed by atoms with Gasteiger partial charge in [-0.3, -0.25) is 4.90 Å². The molecule has 1 aromatic carbocycles. The van der Waals surface area contributed by atoms with Gasteiger partial charge >= 0.3 is 0 Å². The first kappa shape index (κ1) is 14.5. The molecule has 1 atom stereocenters. The van der Waals surface area contributed by atoms with Crippen LogP contribution in [0.5, 0.6) is 0 Å². The Bertz CT molecular complexity index is 381. The normalized spacial score (nSPS) is 20.6. The Kier molecular flexibility index (Phi) is 5.83. The zero-order valence-electron chi connectivity index (χ0n) is 11.8. The van der Waals surface area contributed by atoms with E-state index >= 15 is 0 Å². The molecular weight excluding hydrogens is 238 g/mol. The van der Waals surface area contributed by atoms with Crippen LogP contribution in [0.4, 0.5) is 0 Å². The van der Waals surface area contributed by atoms with E-state index in [2.05, 4.69) is 36.1 Å². The van der Waals surface area contributed by atoms with E-state index in [9.17, 15) is 0 Å². The van der Waals surface area contributed by atoms with E-state index in [0.717, 1.165) is 39.1 Å². The molecule has 1 aliphatic rings. The van der Waals surface area contributed by atoms with Crippen molar-refractivity contribution < 1.29 is 9.84 Å². The Morgan fingerprint density at radius 1 is 1.26 bits per heavy atom. The monoisotopic (exact) mass is 263 g/mol. The Morgan fingerprint density at radius 2 is 2.11 bits per heavy atom. The molecule has 1 heterocycles. The van der Waals surface area contributed by atoms with E-state index in [4.69, 9.17) is 9.84 Å². The number of morpholine rings is 1. The predicted octanol–water partition coefficient (Wildman–Crippen LogP) is 2.53. The molecule has 0 aliphatic carbocycles. The van der Waals surface area contributed by atoms with Crippen molar-refractivity contribution in [3.63, 3.8) is 0 Å². The van der Waals surface area contributed by atoms with E-state index in [-0.39, 0.29) is 6.10 Å². The van der Waals surface area contributed by atoms with Crippen molar-refractivity contribution in [3.05, 3.63) is 35.4 Å². The van der Waals surface area contributed by atoms with Crippen LogP contribution in [0.2, 0.25) is 0 Å². The fourth-order valence-corrected chi connectivity index (χ4v) is 2.67. The zero-order valence-corrected chi connectivity index (χ0v) is 11.8. The molecule has 0 bridgehead atoms. The maximum Gasteiger partial charge on any atom is 0.0954 e. The van der Waals surface area contributed by atoms with E-state index < -0.39 is 0 Å². The second-order valence-corrected chi connectivity index (χ2v) is 5.30. The number of aryl methyl sites for hydroxylation is 1. The van der Waals surface area contributed by atoms with E-state index in [1.807, 2.05) is 0 Å². The third-order valence-electron chi connectivity index (χ3n) is 3.82. The smallest absolute Gasteiger partial charge is 0.0954 e. The molecule has 0 aromatic heterocycles. The molecule has 0 spiro atoms. The largest absolute Gasteiger partial charge is 0.396 e. The van der Waals surface area contributed by atoms with Crippen LogP contribution in [0.1, 0.15) is 36.5 Å². The summed E-state index contributed by atoms with van der Waals surface area (Å²) in [5, 5.41) is 8.79. The van der Waals surface area contributed by atoms with Crippen molar-refractivity contribution in [3.8, 4) is 0 Å².